The van der Waals surface area contributed by atoms with E-state index >= 15 is 0 Å². The fraction of sp³-hybridized carbons (Fsp3) is 0.800. The summed E-state index contributed by atoms with van der Waals surface area (Å²) in [6.45, 7) is 0.618. The highest BCUT2D eigenvalue weighted by atomic mass is 16.5. The first-order valence-electron chi connectivity index (χ1n) is 2.94. The molecule has 0 unspecified atom stereocenters. The van der Waals surface area contributed by atoms with Gasteiger partial charge in [-0.1, -0.05) is 0 Å². The van der Waals surface area contributed by atoms with Crippen LogP contribution in [0.3, 0.4) is 0 Å². The Kier molecular flexibility index (Phi) is 14.2. The van der Waals surface area contributed by atoms with Crippen molar-refractivity contribution in [3.05, 3.63) is 0 Å². The Morgan fingerprint density at radius 3 is 2.27 bits per heavy atom. The van der Waals surface area contributed by atoms with E-state index in [1.165, 1.54) is 0 Å². The molecule has 0 aliphatic carbocycles. The molecule has 0 fully saturated rings. The number of hydrazine groups is 1. The van der Waals surface area contributed by atoms with Crippen molar-refractivity contribution in [3.8, 4) is 0 Å². The fourth-order valence-corrected chi connectivity index (χ4v) is 0.161. The fourth-order valence-electron chi connectivity index (χ4n) is 0.161. The first-order chi connectivity index (χ1) is 5.18. The van der Waals surface area contributed by atoms with Gasteiger partial charge < -0.3 is 14.9 Å². The maximum Gasteiger partial charge on any atom is 0.329 e. The van der Waals surface area contributed by atoms with Crippen molar-refractivity contribution < 1.29 is 19.7 Å². The van der Waals surface area contributed by atoms with Gasteiger partial charge in [-0.05, 0) is 0 Å². The Bertz CT molecular complexity index is 84.6. The number of carboxylic acids is 1. The van der Waals surface area contributed by atoms with Gasteiger partial charge in [0.25, 0.3) is 0 Å². The first kappa shape index (κ1) is 12.9. The number of rotatable bonds is 4. The molecule has 0 bridgehead atoms. The number of ether oxygens (including phenoxy) is 1. The lowest BCUT2D eigenvalue weighted by molar-refractivity contribution is -0.140. The molecule has 0 spiro atoms. The molecule has 6 heteroatoms. The number of aliphatic hydroxyl groups is 1. The van der Waals surface area contributed by atoms with Gasteiger partial charge in [-0.25, -0.2) is 4.79 Å². The van der Waals surface area contributed by atoms with Gasteiger partial charge in [0.1, 0.15) is 6.61 Å². The highest BCUT2D eigenvalue weighted by molar-refractivity contribution is 5.67. The molecule has 0 saturated heterocycles. The number of aliphatic carboxylic acids is 1. The topological polar surface area (TPSA) is 105 Å². The third-order valence-corrected chi connectivity index (χ3v) is 0.586. The summed E-state index contributed by atoms with van der Waals surface area (Å²) in [5, 5.41) is 15.0. The van der Waals surface area contributed by atoms with Crippen LogP contribution in [0.4, 0.5) is 0 Å². The highest BCUT2D eigenvalue weighted by Crippen LogP contribution is 1.56. The van der Waals surface area contributed by atoms with E-state index in [4.69, 9.17) is 20.9 Å². The summed E-state index contributed by atoms with van der Waals surface area (Å²) in [4.78, 5) is 9.12. The molecular formula is C5H14N2O4. The largest absolute Gasteiger partial charge is 0.480 e. The summed E-state index contributed by atoms with van der Waals surface area (Å²) in [7, 11) is 1.64. The first-order valence-corrected chi connectivity index (χ1v) is 2.94. The summed E-state index contributed by atoms with van der Waals surface area (Å²) in [6, 6.07) is 0. The maximum atomic E-state index is 9.12. The predicted octanol–water partition coefficient (Wildman–Crippen LogP) is -1.84. The average Bonchev–Trinajstić information content (AvgIpc) is 2.02. The Hall–Kier alpha value is -0.690. The van der Waals surface area contributed by atoms with Crippen LogP contribution in [0.1, 0.15) is 0 Å². The van der Waals surface area contributed by atoms with Crippen LogP contribution in [-0.4, -0.2) is 43.1 Å². The van der Waals surface area contributed by atoms with Crippen LogP contribution >= 0.6 is 0 Å². The van der Waals surface area contributed by atoms with Crippen LogP contribution in [0.25, 0.3) is 0 Å². The minimum atomic E-state index is -1.19. The van der Waals surface area contributed by atoms with Crippen molar-refractivity contribution in [1.29, 1.82) is 0 Å². The van der Waals surface area contributed by atoms with Gasteiger partial charge in [0.2, 0.25) is 0 Å². The van der Waals surface area contributed by atoms with E-state index in [-0.39, 0.29) is 0 Å². The maximum absolute atomic E-state index is 9.12. The summed E-state index contributed by atoms with van der Waals surface area (Å²) < 4.78 is 4.64. The van der Waals surface area contributed by atoms with Crippen LogP contribution in [0.15, 0.2) is 0 Å². The monoisotopic (exact) mass is 166 g/mol. The summed E-state index contributed by atoms with van der Waals surface area (Å²) in [5.74, 6) is 3.69. The standard InChI is InChI=1S/C3H10N2O.C2H4O3/c1-6-3-2-5-4;3-1-2(4)5/h5H,2-4H2,1H3;3H,1H2,(H,4,5). The summed E-state index contributed by atoms with van der Waals surface area (Å²) in [5.41, 5.74) is 2.44. The molecule has 11 heavy (non-hydrogen) atoms. The summed E-state index contributed by atoms with van der Waals surface area (Å²) >= 11 is 0. The molecule has 68 valence electrons. The molecule has 0 amide bonds. The number of aliphatic hydroxyl groups excluding tert-OH is 1. The quantitative estimate of drug-likeness (QED) is 0.222. The SMILES string of the molecule is COCCNN.O=C(O)CO. The number of hydrogen-bond acceptors (Lipinski definition) is 5. The Morgan fingerprint density at radius 2 is 2.18 bits per heavy atom. The average molecular weight is 166 g/mol. The zero-order valence-corrected chi connectivity index (χ0v) is 6.41. The van der Waals surface area contributed by atoms with Crippen LogP contribution in [0.2, 0.25) is 0 Å². The summed E-state index contributed by atoms with van der Waals surface area (Å²) in [6.07, 6.45) is 0. The normalized spacial score (nSPS) is 8.27. The van der Waals surface area contributed by atoms with E-state index < -0.39 is 12.6 Å². The number of carboxylic acid groups (broad SMARTS) is 1. The lowest BCUT2D eigenvalue weighted by Crippen LogP contribution is -2.25. The lowest BCUT2D eigenvalue weighted by Gasteiger charge is -1.92. The third kappa shape index (κ3) is 26.8. The highest BCUT2D eigenvalue weighted by Gasteiger charge is 1.82. The molecule has 0 aromatic rings. The predicted molar refractivity (Wildman–Crippen MR) is 38.8 cm³/mol. The van der Waals surface area contributed by atoms with Crippen molar-refractivity contribution in [2.24, 2.45) is 5.84 Å². The zero-order valence-electron chi connectivity index (χ0n) is 6.41. The van der Waals surface area contributed by atoms with Gasteiger partial charge >= 0.3 is 5.97 Å². The zero-order chi connectivity index (χ0) is 9.11. The smallest absolute Gasteiger partial charge is 0.329 e. The van der Waals surface area contributed by atoms with Crippen LogP contribution in [-0.2, 0) is 9.53 Å². The molecule has 0 radical (unpaired) electrons. The number of nitrogens with two attached hydrogens (primary N) is 1. The molecular weight excluding hydrogens is 152 g/mol. The molecule has 0 aromatic heterocycles. The number of carbonyl (C=O) groups is 1. The van der Waals surface area contributed by atoms with Gasteiger partial charge in [-0.15, -0.1) is 0 Å². The molecule has 0 aromatic carbocycles. The van der Waals surface area contributed by atoms with Crippen molar-refractivity contribution in [2.45, 2.75) is 0 Å². The van der Waals surface area contributed by atoms with Crippen molar-refractivity contribution >= 4 is 5.97 Å². The van der Waals surface area contributed by atoms with Crippen LogP contribution in [0, 0.1) is 0 Å². The second-order valence-corrected chi connectivity index (χ2v) is 1.50. The van der Waals surface area contributed by atoms with Gasteiger partial charge in [-0.2, -0.15) is 0 Å². The molecule has 0 atom stereocenters. The molecule has 0 saturated carbocycles. The van der Waals surface area contributed by atoms with Crippen LogP contribution < -0.4 is 11.3 Å². The second kappa shape index (κ2) is 12.0. The number of methoxy groups -OCH3 is 1. The Morgan fingerprint density at radius 1 is 1.73 bits per heavy atom. The van der Waals surface area contributed by atoms with Crippen LogP contribution in [0.5, 0.6) is 0 Å². The lowest BCUT2D eigenvalue weighted by atomic mass is 10.7. The van der Waals surface area contributed by atoms with E-state index in [9.17, 15) is 0 Å². The molecule has 0 aliphatic rings. The minimum Gasteiger partial charge on any atom is -0.480 e. The van der Waals surface area contributed by atoms with Gasteiger partial charge in [-0.3, -0.25) is 11.3 Å². The van der Waals surface area contributed by atoms with Gasteiger partial charge in [0.15, 0.2) is 0 Å². The number of hydrogen-bond donors (Lipinski definition) is 4. The van der Waals surface area contributed by atoms with E-state index in [1.807, 2.05) is 0 Å². The Labute approximate surface area is 64.9 Å². The van der Waals surface area contributed by atoms with E-state index in [0.29, 0.717) is 6.61 Å². The molecule has 0 heterocycles. The van der Waals surface area contributed by atoms with Crippen molar-refractivity contribution in [2.75, 3.05) is 26.9 Å². The van der Waals surface area contributed by atoms with Gasteiger partial charge in [0.05, 0.1) is 6.61 Å². The van der Waals surface area contributed by atoms with E-state index in [2.05, 4.69) is 10.2 Å². The van der Waals surface area contributed by atoms with Crippen molar-refractivity contribution in [1.82, 2.24) is 5.43 Å². The van der Waals surface area contributed by atoms with Crippen molar-refractivity contribution in [3.63, 3.8) is 0 Å². The molecule has 6 nitrogen and oxygen atoms in total. The van der Waals surface area contributed by atoms with E-state index in [1.54, 1.807) is 7.11 Å². The Balaban J connectivity index is 0. The van der Waals surface area contributed by atoms with Gasteiger partial charge in [0, 0.05) is 13.7 Å². The second-order valence-electron chi connectivity index (χ2n) is 1.50. The number of nitrogens with one attached hydrogen (secondary N) is 1. The minimum absolute atomic E-state index is 0.677. The van der Waals surface area contributed by atoms with E-state index in [0.717, 1.165) is 6.54 Å². The molecule has 0 aliphatic heterocycles. The molecule has 5 N–H and O–H groups in total. The third-order valence-electron chi connectivity index (χ3n) is 0.586. The molecule has 0 rings (SSSR count).